The molecule has 0 bridgehead atoms. The SMILES string of the molecule is CC(CC(N)=O)OCNC(=O)CNC(=O)[C@H](Cc1ccccc1)NC(=O)CNC(=O)CNC(=O)CCCCCNC=O. The fourth-order valence-electron chi connectivity index (χ4n) is 3.52. The fourth-order valence-corrected chi connectivity index (χ4v) is 3.52. The molecular formula is C27H41N7O8. The Hall–Kier alpha value is -4.53. The minimum atomic E-state index is -1.04. The van der Waals surface area contributed by atoms with Gasteiger partial charge in [0.05, 0.1) is 32.2 Å². The zero-order chi connectivity index (χ0) is 31.2. The molecule has 0 saturated carbocycles. The molecule has 0 fully saturated rings. The Bertz CT molecular complexity index is 1040. The van der Waals surface area contributed by atoms with Crippen LogP contribution >= 0.6 is 0 Å². The minimum absolute atomic E-state index is 0.00813. The van der Waals surface area contributed by atoms with Crippen molar-refractivity contribution in [2.75, 3.05) is 32.9 Å². The van der Waals surface area contributed by atoms with Crippen LogP contribution in [0.25, 0.3) is 0 Å². The van der Waals surface area contributed by atoms with Gasteiger partial charge in [-0.25, -0.2) is 0 Å². The number of unbranched alkanes of at least 4 members (excludes halogenated alkanes) is 2. The van der Waals surface area contributed by atoms with Crippen LogP contribution in [0.4, 0.5) is 0 Å². The van der Waals surface area contributed by atoms with Gasteiger partial charge < -0.3 is 42.4 Å². The van der Waals surface area contributed by atoms with E-state index in [4.69, 9.17) is 10.5 Å². The van der Waals surface area contributed by atoms with Gasteiger partial charge in [-0.3, -0.25) is 33.6 Å². The number of ether oxygens (including phenoxy) is 1. The van der Waals surface area contributed by atoms with E-state index in [0.29, 0.717) is 19.4 Å². The lowest BCUT2D eigenvalue weighted by atomic mass is 10.1. The third kappa shape index (κ3) is 17.9. The molecule has 232 valence electrons. The number of nitrogens with one attached hydrogen (secondary N) is 6. The molecule has 15 nitrogen and oxygen atoms in total. The Morgan fingerprint density at radius 2 is 1.48 bits per heavy atom. The Morgan fingerprint density at radius 1 is 0.833 bits per heavy atom. The van der Waals surface area contributed by atoms with Crippen molar-refractivity contribution in [1.29, 1.82) is 0 Å². The highest BCUT2D eigenvalue weighted by atomic mass is 16.5. The largest absolute Gasteiger partial charge is 0.370 e. The molecule has 0 spiro atoms. The van der Waals surface area contributed by atoms with E-state index in [1.165, 1.54) is 0 Å². The smallest absolute Gasteiger partial charge is 0.243 e. The van der Waals surface area contributed by atoms with Crippen molar-refractivity contribution >= 4 is 41.9 Å². The molecule has 0 aliphatic carbocycles. The van der Waals surface area contributed by atoms with Crippen LogP contribution in [-0.2, 0) is 44.7 Å². The number of hydrogen-bond acceptors (Lipinski definition) is 8. The lowest BCUT2D eigenvalue weighted by Crippen LogP contribution is -2.52. The molecule has 8 N–H and O–H groups in total. The molecular weight excluding hydrogens is 550 g/mol. The molecule has 0 radical (unpaired) electrons. The monoisotopic (exact) mass is 591 g/mol. The molecule has 0 heterocycles. The lowest BCUT2D eigenvalue weighted by molar-refractivity contribution is -0.131. The first-order valence-electron chi connectivity index (χ1n) is 13.6. The number of amides is 7. The van der Waals surface area contributed by atoms with E-state index in [-0.39, 0.29) is 45.0 Å². The van der Waals surface area contributed by atoms with Crippen molar-refractivity contribution in [2.24, 2.45) is 5.73 Å². The summed E-state index contributed by atoms with van der Waals surface area (Å²) in [4.78, 5) is 82.4. The highest BCUT2D eigenvalue weighted by molar-refractivity contribution is 5.92. The predicted octanol–water partition coefficient (Wildman–Crippen LogP) is -2.28. The summed E-state index contributed by atoms with van der Waals surface area (Å²) in [7, 11) is 0. The maximum atomic E-state index is 12.8. The third-order valence-electron chi connectivity index (χ3n) is 5.68. The molecule has 1 aromatic carbocycles. The number of hydrogen-bond donors (Lipinski definition) is 7. The normalized spacial score (nSPS) is 11.7. The highest BCUT2D eigenvalue weighted by Gasteiger charge is 2.22. The van der Waals surface area contributed by atoms with Crippen LogP contribution in [0, 0.1) is 0 Å². The van der Waals surface area contributed by atoms with Crippen LogP contribution in [0.5, 0.6) is 0 Å². The van der Waals surface area contributed by atoms with Crippen molar-refractivity contribution in [3.05, 3.63) is 35.9 Å². The Balaban J connectivity index is 2.47. The fraction of sp³-hybridized carbons (Fsp3) is 0.519. The summed E-state index contributed by atoms with van der Waals surface area (Å²) < 4.78 is 5.25. The van der Waals surface area contributed by atoms with Crippen LogP contribution < -0.4 is 37.6 Å². The van der Waals surface area contributed by atoms with Gasteiger partial charge in [0, 0.05) is 19.4 Å². The summed E-state index contributed by atoms with van der Waals surface area (Å²) >= 11 is 0. The highest BCUT2D eigenvalue weighted by Crippen LogP contribution is 2.04. The van der Waals surface area contributed by atoms with Crippen LogP contribution in [0.1, 0.15) is 44.6 Å². The number of benzene rings is 1. The van der Waals surface area contributed by atoms with Gasteiger partial charge in [-0.15, -0.1) is 0 Å². The number of primary amides is 1. The second kappa shape index (κ2) is 21.2. The van der Waals surface area contributed by atoms with Crippen molar-refractivity contribution < 1.29 is 38.3 Å². The number of nitrogens with two attached hydrogens (primary N) is 1. The lowest BCUT2D eigenvalue weighted by Gasteiger charge is -2.19. The first kappa shape index (κ1) is 35.5. The molecule has 1 rings (SSSR count). The average Bonchev–Trinajstić information content (AvgIpc) is 2.95. The van der Waals surface area contributed by atoms with Crippen molar-refractivity contribution in [2.45, 2.75) is 57.6 Å². The number of rotatable bonds is 22. The molecule has 1 unspecified atom stereocenters. The first-order valence-corrected chi connectivity index (χ1v) is 13.6. The summed E-state index contributed by atoms with van der Waals surface area (Å²) in [5.41, 5.74) is 5.84. The molecule has 0 aromatic heterocycles. The second-order valence-electron chi connectivity index (χ2n) is 9.36. The number of carbonyl (C=O) groups excluding carboxylic acids is 7. The second-order valence-corrected chi connectivity index (χ2v) is 9.36. The van der Waals surface area contributed by atoms with Gasteiger partial charge in [-0.05, 0) is 25.3 Å². The summed E-state index contributed by atoms with van der Waals surface area (Å²) in [5, 5.41) is 14.8. The van der Waals surface area contributed by atoms with Gasteiger partial charge >= 0.3 is 0 Å². The Labute approximate surface area is 244 Å². The maximum Gasteiger partial charge on any atom is 0.243 e. The van der Waals surface area contributed by atoms with E-state index in [9.17, 15) is 33.6 Å². The van der Waals surface area contributed by atoms with E-state index in [2.05, 4.69) is 31.9 Å². The standard InChI is InChI=1S/C27H41N7O8/c1-19(12-22(28)36)42-18-33-25(39)15-32-27(41)21(13-20-8-4-2-5-9-20)34-26(40)16-31-24(38)14-30-23(37)10-6-3-7-11-29-17-35/h2,4-5,8-9,17,19,21H,3,6-7,10-16,18H2,1H3,(H2,28,36)(H,29,35)(H,30,37)(H,31,38)(H,32,41)(H,33,39)(H,34,40)/t19?,21-/m0/s1. The van der Waals surface area contributed by atoms with Gasteiger partial charge in [0.25, 0.3) is 0 Å². The van der Waals surface area contributed by atoms with Crippen molar-refractivity contribution in [1.82, 2.24) is 31.9 Å². The molecule has 1 aromatic rings. The van der Waals surface area contributed by atoms with Crippen molar-refractivity contribution in [3.63, 3.8) is 0 Å². The molecule has 0 saturated heterocycles. The van der Waals surface area contributed by atoms with Crippen LogP contribution in [0.15, 0.2) is 30.3 Å². The molecule has 0 aliphatic heterocycles. The van der Waals surface area contributed by atoms with E-state index < -0.39 is 48.2 Å². The van der Waals surface area contributed by atoms with Crippen LogP contribution in [0.2, 0.25) is 0 Å². The zero-order valence-electron chi connectivity index (χ0n) is 23.7. The van der Waals surface area contributed by atoms with Gasteiger partial charge in [0.1, 0.15) is 12.8 Å². The van der Waals surface area contributed by atoms with Crippen molar-refractivity contribution in [3.8, 4) is 0 Å². The minimum Gasteiger partial charge on any atom is -0.370 e. The first-order chi connectivity index (χ1) is 20.1. The number of carbonyl (C=O) groups is 7. The van der Waals surface area contributed by atoms with E-state index in [1.54, 1.807) is 37.3 Å². The van der Waals surface area contributed by atoms with E-state index in [0.717, 1.165) is 18.4 Å². The van der Waals surface area contributed by atoms with Gasteiger partial charge in [0.15, 0.2) is 0 Å². The predicted molar refractivity (Wildman–Crippen MR) is 151 cm³/mol. The summed E-state index contributed by atoms with van der Waals surface area (Å²) in [6.07, 6.45) is 2.56. The quantitative estimate of drug-likeness (QED) is 0.0441. The zero-order valence-corrected chi connectivity index (χ0v) is 23.7. The van der Waals surface area contributed by atoms with Gasteiger partial charge in [-0.1, -0.05) is 36.8 Å². The summed E-state index contributed by atoms with van der Waals surface area (Å²) in [6.45, 7) is 0.835. The molecule has 0 aliphatic rings. The summed E-state index contributed by atoms with van der Waals surface area (Å²) in [6, 6.07) is 7.86. The molecule has 7 amide bonds. The molecule has 42 heavy (non-hydrogen) atoms. The van der Waals surface area contributed by atoms with Gasteiger partial charge in [0.2, 0.25) is 41.9 Å². The Morgan fingerprint density at radius 3 is 2.17 bits per heavy atom. The van der Waals surface area contributed by atoms with Crippen LogP contribution in [-0.4, -0.2) is 86.9 Å². The Kier molecular flexibility index (Phi) is 18.0. The topological polar surface area (TPSA) is 227 Å². The van der Waals surface area contributed by atoms with E-state index >= 15 is 0 Å². The van der Waals surface area contributed by atoms with Gasteiger partial charge in [-0.2, -0.15) is 0 Å². The molecule has 2 atom stereocenters. The summed E-state index contributed by atoms with van der Waals surface area (Å²) in [5.74, 6) is -3.25. The third-order valence-corrected chi connectivity index (χ3v) is 5.68. The van der Waals surface area contributed by atoms with E-state index in [1.807, 2.05) is 0 Å². The maximum absolute atomic E-state index is 12.8. The molecule has 15 heteroatoms. The van der Waals surface area contributed by atoms with Crippen LogP contribution in [0.3, 0.4) is 0 Å². The average molecular weight is 592 g/mol.